The zero-order valence-electron chi connectivity index (χ0n) is 7.92. The lowest BCUT2D eigenvalue weighted by Gasteiger charge is -2.02. The van der Waals surface area contributed by atoms with Crippen LogP contribution in [0.5, 0.6) is 0 Å². The highest BCUT2D eigenvalue weighted by Crippen LogP contribution is 2.27. The first kappa shape index (κ1) is 12.4. The van der Waals surface area contributed by atoms with Crippen LogP contribution in [0, 0.1) is 10.1 Å². The van der Waals surface area contributed by atoms with Gasteiger partial charge in [0, 0.05) is 24.1 Å². The Morgan fingerprint density at radius 3 is 2.44 bits per heavy atom. The number of sulfone groups is 1. The molecule has 0 saturated heterocycles. The zero-order chi connectivity index (χ0) is 12.5. The van der Waals surface area contributed by atoms with Gasteiger partial charge >= 0.3 is 5.69 Å². The van der Waals surface area contributed by atoms with E-state index in [2.05, 4.69) is 4.98 Å². The van der Waals surface area contributed by atoms with Gasteiger partial charge in [0.15, 0.2) is 9.84 Å². The molecular formula is C7H6F2N2O4S. The summed E-state index contributed by atoms with van der Waals surface area (Å²) in [6, 6.07) is 0.508. The molecule has 0 aliphatic carbocycles. The van der Waals surface area contributed by atoms with Crippen LogP contribution in [0.25, 0.3) is 0 Å². The Hall–Kier alpha value is -1.64. The minimum atomic E-state index is -3.92. The third-order valence-electron chi connectivity index (χ3n) is 1.65. The van der Waals surface area contributed by atoms with E-state index in [1.165, 1.54) is 0 Å². The average molecular weight is 252 g/mol. The number of halogens is 2. The third kappa shape index (κ3) is 2.48. The molecule has 0 aromatic carbocycles. The second-order valence-corrected chi connectivity index (χ2v) is 4.85. The van der Waals surface area contributed by atoms with E-state index in [-0.39, 0.29) is 0 Å². The number of hydrogen-bond donors (Lipinski definition) is 0. The quantitative estimate of drug-likeness (QED) is 0.597. The van der Waals surface area contributed by atoms with Crippen molar-refractivity contribution in [3.8, 4) is 0 Å². The molecule has 0 radical (unpaired) electrons. The van der Waals surface area contributed by atoms with Crippen molar-refractivity contribution in [2.45, 2.75) is 11.5 Å². The van der Waals surface area contributed by atoms with Crippen LogP contribution in [0.1, 0.15) is 12.0 Å². The molecule has 0 spiro atoms. The summed E-state index contributed by atoms with van der Waals surface area (Å²) in [4.78, 5) is 12.6. The van der Waals surface area contributed by atoms with Gasteiger partial charge in [0.05, 0.1) is 4.92 Å². The minimum absolute atomic E-state index is 0.508. The summed E-state index contributed by atoms with van der Waals surface area (Å²) in [6.07, 6.45) is -1.63. The molecule has 16 heavy (non-hydrogen) atoms. The Morgan fingerprint density at radius 1 is 1.50 bits per heavy atom. The van der Waals surface area contributed by atoms with E-state index in [0.29, 0.717) is 18.5 Å². The molecule has 0 amide bonds. The molecular weight excluding hydrogens is 246 g/mol. The molecule has 9 heteroatoms. The van der Waals surface area contributed by atoms with Crippen LogP contribution < -0.4 is 0 Å². The van der Waals surface area contributed by atoms with Crippen molar-refractivity contribution < 1.29 is 22.1 Å². The largest absolute Gasteiger partial charge is 0.307 e. The van der Waals surface area contributed by atoms with E-state index in [1.807, 2.05) is 0 Å². The van der Waals surface area contributed by atoms with E-state index in [9.17, 15) is 27.3 Å². The molecule has 0 bridgehead atoms. The van der Waals surface area contributed by atoms with Crippen LogP contribution in [-0.4, -0.2) is 24.6 Å². The Kier molecular flexibility index (Phi) is 3.17. The normalized spacial score (nSPS) is 11.8. The summed E-state index contributed by atoms with van der Waals surface area (Å²) in [7, 11) is -3.92. The fraction of sp³-hybridized carbons (Fsp3) is 0.286. The van der Waals surface area contributed by atoms with Crippen molar-refractivity contribution in [3.05, 3.63) is 27.9 Å². The zero-order valence-corrected chi connectivity index (χ0v) is 8.74. The molecule has 0 N–H and O–H groups in total. The molecule has 88 valence electrons. The minimum Gasteiger partial charge on any atom is -0.258 e. The fourth-order valence-electron chi connectivity index (χ4n) is 0.992. The number of nitrogens with zero attached hydrogens (tertiary/aromatic N) is 2. The summed E-state index contributed by atoms with van der Waals surface area (Å²) >= 11 is 0. The van der Waals surface area contributed by atoms with Gasteiger partial charge in [0.1, 0.15) is 0 Å². The SMILES string of the molecule is CS(=O)(=O)c1ncc(C(F)F)cc1[N+](=O)[O-]. The van der Waals surface area contributed by atoms with Crippen molar-refractivity contribution in [2.24, 2.45) is 0 Å². The summed E-state index contributed by atoms with van der Waals surface area (Å²) in [6.45, 7) is 0. The van der Waals surface area contributed by atoms with E-state index < -0.39 is 37.5 Å². The standard InChI is InChI=1S/C7H6F2N2O4S/c1-16(14,15)7-5(11(12)13)2-4(3-10-7)6(8)9/h2-3,6H,1H3. The first-order valence-corrected chi connectivity index (χ1v) is 5.75. The number of hydrogen-bond acceptors (Lipinski definition) is 5. The monoisotopic (exact) mass is 252 g/mol. The number of rotatable bonds is 3. The van der Waals surface area contributed by atoms with Gasteiger partial charge in [-0.3, -0.25) is 10.1 Å². The van der Waals surface area contributed by atoms with Gasteiger partial charge in [-0.2, -0.15) is 0 Å². The maximum Gasteiger partial charge on any atom is 0.307 e. The highest BCUT2D eigenvalue weighted by molar-refractivity contribution is 7.90. The Bertz CT molecular complexity index is 529. The molecule has 0 saturated carbocycles. The summed E-state index contributed by atoms with van der Waals surface area (Å²) in [5.74, 6) is 0. The van der Waals surface area contributed by atoms with Crippen molar-refractivity contribution >= 4 is 15.5 Å². The lowest BCUT2D eigenvalue weighted by molar-refractivity contribution is -0.388. The van der Waals surface area contributed by atoms with Crippen LogP contribution in [0.15, 0.2) is 17.3 Å². The van der Waals surface area contributed by atoms with Gasteiger partial charge in [0.25, 0.3) is 6.43 Å². The van der Waals surface area contributed by atoms with Crippen LogP contribution in [0.3, 0.4) is 0 Å². The van der Waals surface area contributed by atoms with Gasteiger partial charge in [-0.15, -0.1) is 0 Å². The fourth-order valence-corrected chi connectivity index (χ4v) is 1.75. The van der Waals surface area contributed by atoms with Crippen LogP contribution in [0.2, 0.25) is 0 Å². The van der Waals surface area contributed by atoms with Gasteiger partial charge < -0.3 is 0 Å². The lowest BCUT2D eigenvalue weighted by atomic mass is 10.3. The van der Waals surface area contributed by atoms with E-state index in [0.717, 1.165) is 0 Å². The molecule has 1 heterocycles. The van der Waals surface area contributed by atoms with Crippen molar-refractivity contribution in [2.75, 3.05) is 6.26 Å². The maximum absolute atomic E-state index is 12.2. The van der Waals surface area contributed by atoms with Gasteiger partial charge in [-0.05, 0) is 0 Å². The molecule has 6 nitrogen and oxygen atoms in total. The Balaban J connectivity index is 3.49. The molecule has 0 unspecified atom stereocenters. The first-order valence-electron chi connectivity index (χ1n) is 3.86. The first-order chi connectivity index (χ1) is 7.23. The van der Waals surface area contributed by atoms with Crippen LogP contribution in [0.4, 0.5) is 14.5 Å². The highest BCUT2D eigenvalue weighted by Gasteiger charge is 2.26. The van der Waals surface area contributed by atoms with E-state index >= 15 is 0 Å². The average Bonchev–Trinajstić information content (AvgIpc) is 2.15. The smallest absolute Gasteiger partial charge is 0.258 e. The summed E-state index contributed by atoms with van der Waals surface area (Å²) in [5.41, 5.74) is -1.64. The predicted molar refractivity (Wildman–Crippen MR) is 49.0 cm³/mol. The molecule has 0 fully saturated rings. The van der Waals surface area contributed by atoms with Crippen LogP contribution in [-0.2, 0) is 9.84 Å². The topological polar surface area (TPSA) is 90.2 Å². The molecule has 1 aromatic heterocycles. The van der Waals surface area contributed by atoms with Gasteiger partial charge in [-0.1, -0.05) is 0 Å². The molecule has 0 atom stereocenters. The number of aromatic nitrogens is 1. The van der Waals surface area contributed by atoms with E-state index in [4.69, 9.17) is 0 Å². The van der Waals surface area contributed by atoms with E-state index in [1.54, 1.807) is 0 Å². The number of nitro groups is 1. The van der Waals surface area contributed by atoms with Gasteiger partial charge in [-0.25, -0.2) is 22.2 Å². The molecule has 0 aliphatic heterocycles. The molecule has 1 aromatic rings. The highest BCUT2D eigenvalue weighted by atomic mass is 32.2. The summed E-state index contributed by atoms with van der Waals surface area (Å²) < 4.78 is 46.6. The number of pyridine rings is 1. The Morgan fingerprint density at radius 2 is 2.06 bits per heavy atom. The number of alkyl halides is 2. The van der Waals surface area contributed by atoms with Crippen molar-refractivity contribution in [1.29, 1.82) is 0 Å². The molecule has 0 aliphatic rings. The second-order valence-electron chi connectivity index (χ2n) is 2.92. The van der Waals surface area contributed by atoms with Crippen LogP contribution >= 0.6 is 0 Å². The van der Waals surface area contributed by atoms with Crippen molar-refractivity contribution in [1.82, 2.24) is 4.98 Å². The molecule has 1 rings (SSSR count). The maximum atomic E-state index is 12.2. The lowest BCUT2D eigenvalue weighted by Crippen LogP contribution is -2.06. The van der Waals surface area contributed by atoms with Gasteiger partial charge in [0.2, 0.25) is 5.03 Å². The van der Waals surface area contributed by atoms with Crippen molar-refractivity contribution in [3.63, 3.8) is 0 Å². The third-order valence-corrected chi connectivity index (χ3v) is 2.67. The summed E-state index contributed by atoms with van der Waals surface area (Å²) in [5, 5.41) is 9.68. The predicted octanol–water partition coefficient (Wildman–Crippen LogP) is 1.33. The second kappa shape index (κ2) is 4.08. The Labute approximate surface area is 89.0 Å².